The number of nitrogens with two attached hydrogens (primary N) is 1. The molecular weight excluding hydrogens is 523 g/mol. The Balaban J connectivity index is 1.40. The number of aromatic nitrogens is 5. The van der Waals surface area contributed by atoms with E-state index in [0.717, 1.165) is 29.7 Å². The maximum absolute atomic E-state index is 15.2. The fourth-order valence-electron chi connectivity index (χ4n) is 5.46. The SMILES string of the molecule is COc1cc(-c2cc3c(-c4cccc(-n5ccc6cc(C7CC7)cc(F)c6c5=O)c4CO)nc(N)nc3[nH]2)ccn1. The minimum Gasteiger partial charge on any atom is -0.481 e. The minimum absolute atomic E-state index is 0.0166. The number of methoxy groups -OCH3 is 1. The number of nitrogens with one attached hydrogen (secondary N) is 1. The van der Waals surface area contributed by atoms with Crippen molar-refractivity contribution < 1.29 is 14.2 Å². The zero-order valence-electron chi connectivity index (χ0n) is 22.1. The lowest BCUT2D eigenvalue weighted by molar-refractivity contribution is 0.282. The number of nitrogen functional groups attached to an aromatic ring is 1. The first-order valence-corrected chi connectivity index (χ1v) is 13.2. The highest BCUT2D eigenvalue weighted by Gasteiger charge is 2.25. The van der Waals surface area contributed by atoms with Crippen molar-refractivity contribution in [2.45, 2.75) is 25.4 Å². The Morgan fingerprint density at radius 3 is 2.78 bits per heavy atom. The molecule has 10 heteroatoms. The first-order chi connectivity index (χ1) is 19.9. The van der Waals surface area contributed by atoms with Gasteiger partial charge in [0.15, 0.2) is 0 Å². The first kappa shape index (κ1) is 24.9. The summed E-state index contributed by atoms with van der Waals surface area (Å²) in [5, 5.41) is 11.8. The second kappa shape index (κ2) is 9.53. The number of rotatable bonds is 6. The second-order valence-electron chi connectivity index (χ2n) is 10.2. The largest absolute Gasteiger partial charge is 0.481 e. The third kappa shape index (κ3) is 4.20. The van der Waals surface area contributed by atoms with Crippen LogP contribution in [0.5, 0.6) is 5.88 Å². The van der Waals surface area contributed by atoms with Crippen LogP contribution in [0.4, 0.5) is 10.3 Å². The van der Waals surface area contributed by atoms with Crippen LogP contribution in [-0.4, -0.2) is 36.7 Å². The van der Waals surface area contributed by atoms with Crippen molar-refractivity contribution in [3.63, 3.8) is 0 Å². The number of nitrogens with zero attached hydrogens (tertiary/aromatic N) is 4. The molecule has 1 saturated carbocycles. The molecule has 9 nitrogen and oxygen atoms in total. The summed E-state index contributed by atoms with van der Waals surface area (Å²) >= 11 is 0. The van der Waals surface area contributed by atoms with E-state index in [-0.39, 0.29) is 11.3 Å². The summed E-state index contributed by atoms with van der Waals surface area (Å²) in [6, 6.07) is 15.9. The van der Waals surface area contributed by atoms with E-state index in [1.54, 1.807) is 49.8 Å². The molecule has 1 aliphatic rings. The number of aliphatic hydroxyl groups excluding tert-OH is 1. The molecule has 0 bridgehead atoms. The van der Waals surface area contributed by atoms with Crippen LogP contribution in [-0.2, 0) is 6.61 Å². The van der Waals surface area contributed by atoms with E-state index in [9.17, 15) is 9.90 Å². The predicted molar refractivity (Wildman–Crippen MR) is 154 cm³/mol. The number of H-pyrrole nitrogens is 1. The van der Waals surface area contributed by atoms with E-state index in [1.165, 1.54) is 10.6 Å². The van der Waals surface area contributed by atoms with Crippen molar-refractivity contribution in [2.24, 2.45) is 0 Å². The Labute approximate surface area is 233 Å². The van der Waals surface area contributed by atoms with Gasteiger partial charge in [0.1, 0.15) is 11.5 Å². The highest BCUT2D eigenvalue weighted by Crippen LogP contribution is 2.41. The number of ether oxygens (including phenoxy) is 1. The highest BCUT2D eigenvalue weighted by atomic mass is 19.1. The number of aliphatic hydroxyl groups is 1. The molecule has 0 amide bonds. The quantitative estimate of drug-likeness (QED) is 0.264. The molecule has 6 aromatic rings. The van der Waals surface area contributed by atoms with Crippen LogP contribution in [0.3, 0.4) is 0 Å². The van der Waals surface area contributed by atoms with Gasteiger partial charge in [0.25, 0.3) is 5.56 Å². The topological polar surface area (TPSA) is 132 Å². The van der Waals surface area contributed by atoms with E-state index in [1.807, 2.05) is 18.2 Å². The van der Waals surface area contributed by atoms with E-state index in [0.29, 0.717) is 50.7 Å². The fourth-order valence-corrected chi connectivity index (χ4v) is 5.46. The van der Waals surface area contributed by atoms with Crippen molar-refractivity contribution in [1.29, 1.82) is 0 Å². The number of hydrogen-bond acceptors (Lipinski definition) is 7. The van der Waals surface area contributed by atoms with Crippen LogP contribution in [0.2, 0.25) is 0 Å². The van der Waals surface area contributed by atoms with E-state index in [4.69, 9.17) is 10.5 Å². The molecular formula is C31H25FN6O3. The van der Waals surface area contributed by atoms with Crippen LogP contribution in [0, 0.1) is 5.82 Å². The number of pyridine rings is 2. The average Bonchev–Trinajstić information content (AvgIpc) is 3.75. The maximum Gasteiger partial charge on any atom is 0.265 e. The minimum atomic E-state index is -0.539. The summed E-state index contributed by atoms with van der Waals surface area (Å²) in [5.74, 6) is 0.325. The number of benzene rings is 2. The Morgan fingerprint density at radius 2 is 2.00 bits per heavy atom. The lowest BCUT2D eigenvalue weighted by Crippen LogP contribution is -2.20. The van der Waals surface area contributed by atoms with Crippen molar-refractivity contribution in [3.8, 4) is 34.1 Å². The van der Waals surface area contributed by atoms with Gasteiger partial charge in [0.05, 0.1) is 30.5 Å². The normalized spacial score (nSPS) is 13.2. The van der Waals surface area contributed by atoms with E-state index < -0.39 is 18.0 Å². The van der Waals surface area contributed by atoms with Crippen molar-refractivity contribution >= 4 is 27.8 Å². The monoisotopic (exact) mass is 548 g/mol. The van der Waals surface area contributed by atoms with E-state index >= 15 is 4.39 Å². The summed E-state index contributed by atoms with van der Waals surface area (Å²) in [4.78, 5) is 30.0. The lowest BCUT2D eigenvalue weighted by atomic mass is 10.00. The zero-order chi connectivity index (χ0) is 28.2. The van der Waals surface area contributed by atoms with Gasteiger partial charge in [0, 0.05) is 46.2 Å². The molecule has 0 atom stereocenters. The second-order valence-corrected chi connectivity index (χ2v) is 10.2. The molecule has 41 heavy (non-hydrogen) atoms. The van der Waals surface area contributed by atoms with Gasteiger partial charge in [0.2, 0.25) is 11.8 Å². The van der Waals surface area contributed by atoms with Gasteiger partial charge < -0.3 is 20.6 Å². The standard InChI is InChI=1S/C31H25FN6O3/c1-41-26-13-17(7-9-34-26)24-14-21-28(36-31(33)37-29(21)35-24)20-3-2-4-25(22(20)15-39)38-10-8-18-11-19(16-5-6-16)12-23(32)27(18)30(38)40/h2-4,7-14,16,39H,5-6,15H2,1H3,(H3,33,35,36,37). The van der Waals surface area contributed by atoms with Crippen LogP contribution in [0.25, 0.3) is 50.0 Å². The van der Waals surface area contributed by atoms with Gasteiger partial charge in [-0.1, -0.05) is 18.2 Å². The lowest BCUT2D eigenvalue weighted by Gasteiger charge is -2.16. The Hall–Kier alpha value is -5.09. The Bertz CT molecular complexity index is 2050. The van der Waals surface area contributed by atoms with Gasteiger partial charge in [-0.25, -0.2) is 14.4 Å². The summed E-state index contributed by atoms with van der Waals surface area (Å²) in [5.41, 5.74) is 10.5. The highest BCUT2D eigenvalue weighted by molar-refractivity contribution is 5.96. The van der Waals surface area contributed by atoms with Gasteiger partial charge in [-0.2, -0.15) is 4.98 Å². The molecule has 0 saturated heterocycles. The molecule has 1 fully saturated rings. The molecule has 0 unspecified atom stereocenters. The fraction of sp³-hybridized carbons (Fsp3) is 0.161. The number of hydrogen-bond donors (Lipinski definition) is 3. The number of anilines is 1. The molecule has 4 heterocycles. The summed E-state index contributed by atoms with van der Waals surface area (Å²) in [6.45, 7) is -0.399. The molecule has 0 radical (unpaired) electrons. The van der Waals surface area contributed by atoms with Gasteiger partial charge in [-0.15, -0.1) is 0 Å². The zero-order valence-corrected chi connectivity index (χ0v) is 22.1. The number of aromatic amines is 1. The average molecular weight is 549 g/mol. The molecule has 4 N–H and O–H groups in total. The molecule has 4 aromatic heterocycles. The van der Waals surface area contributed by atoms with E-state index in [2.05, 4.69) is 19.9 Å². The van der Waals surface area contributed by atoms with Crippen molar-refractivity contribution in [2.75, 3.05) is 12.8 Å². The van der Waals surface area contributed by atoms with Gasteiger partial charge in [-0.3, -0.25) is 9.36 Å². The Kier molecular flexibility index (Phi) is 5.79. The number of halogens is 1. The van der Waals surface area contributed by atoms with Crippen molar-refractivity contribution in [1.82, 2.24) is 24.5 Å². The summed E-state index contributed by atoms with van der Waals surface area (Å²) in [7, 11) is 1.55. The molecule has 2 aromatic carbocycles. The van der Waals surface area contributed by atoms with Gasteiger partial charge in [-0.05, 0) is 60.0 Å². The van der Waals surface area contributed by atoms with Crippen LogP contribution in [0.15, 0.2) is 71.8 Å². The molecule has 7 rings (SSSR count). The van der Waals surface area contributed by atoms with Gasteiger partial charge >= 0.3 is 0 Å². The smallest absolute Gasteiger partial charge is 0.265 e. The van der Waals surface area contributed by atoms with Crippen LogP contribution >= 0.6 is 0 Å². The van der Waals surface area contributed by atoms with Crippen LogP contribution in [0.1, 0.15) is 29.9 Å². The summed E-state index contributed by atoms with van der Waals surface area (Å²) < 4.78 is 21.8. The molecule has 0 spiro atoms. The van der Waals surface area contributed by atoms with Crippen LogP contribution < -0.4 is 16.0 Å². The third-order valence-electron chi connectivity index (χ3n) is 7.61. The van der Waals surface area contributed by atoms with Crippen molar-refractivity contribution in [3.05, 3.63) is 94.3 Å². The third-order valence-corrected chi connectivity index (χ3v) is 7.61. The molecule has 204 valence electrons. The Morgan fingerprint density at radius 1 is 1.15 bits per heavy atom. The summed E-state index contributed by atoms with van der Waals surface area (Å²) in [6.07, 6.45) is 5.34. The first-order valence-electron chi connectivity index (χ1n) is 13.2. The predicted octanol–water partition coefficient (Wildman–Crippen LogP) is 5.09. The number of fused-ring (bicyclic) bond motifs is 2. The molecule has 0 aliphatic heterocycles. The molecule has 1 aliphatic carbocycles. The maximum atomic E-state index is 15.2.